The highest BCUT2D eigenvalue weighted by molar-refractivity contribution is 5.69. The minimum Gasteiger partial charge on any atom is -0.316 e. The molecule has 1 aliphatic carbocycles. The van der Waals surface area contributed by atoms with Gasteiger partial charge in [0, 0.05) is 6.54 Å². The fourth-order valence-corrected chi connectivity index (χ4v) is 3.26. The summed E-state index contributed by atoms with van der Waals surface area (Å²) >= 11 is 0. The second-order valence-corrected chi connectivity index (χ2v) is 5.87. The molecule has 0 atom stereocenters. The Kier molecular flexibility index (Phi) is 3.88. The first kappa shape index (κ1) is 13.4. The highest BCUT2D eigenvalue weighted by Crippen LogP contribution is 2.29. The van der Waals surface area contributed by atoms with Gasteiger partial charge in [0.1, 0.15) is 0 Å². The van der Waals surface area contributed by atoms with E-state index in [-0.39, 0.29) is 0 Å². The number of fused-ring (bicyclic) bond motifs is 1. The molecule has 0 fully saturated rings. The van der Waals surface area contributed by atoms with Crippen LogP contribution in [0.1, 0.15) is 35.1 Å². The molecule has 0 saturated heterocycles. The van der Waals surface area contributed by atoms with Gasteiger partial charge in [0.15, 0.2) is 0 Å². The summed E-state index contributed by atoms with van der Waals surface area (Å²) in [7, 11) is 1.99. The van der Waals surface area contributed by atoms with Gasteiger partial charge in [0.2, 0.25) is 0 Å². The summed E-state index contributed by atoms with van der Waals surface area (Å²) in [5.41, 5.74) is 8.59. The fourth-order valence-electron chi connectivity index (χ4n) is 3.26. The fraction of sp³-hybridized carbons (Fsp3) is 0.368. The summed E-state index contributed by atoms with van der Waals surface area (Å²) in [6.07, 6.45) is 5.20. The molecule has 1 aliphatic rings. The highest BCUT2D eigenvalue weighted by atomic mass is 14.8. The molecule has 20 heavy (non-hydrogen) atoms. The van der Waals surface area contributed by atoms with Crippen LogP contribution in [0.3, 0.4) is 0 Å². The predicted molar refractivity (Wildman–Crippen MR) is 86.0 cm³/mol. The molecule has 0 heterocycles. The van der Waals surface area contributed by atoms with Crippen molar-refractivity contribution in [2.75, 3.05) is 7.05 Å². The zero-order valence-corrected chi connectivity index (χ0v) is 12.5. The van der Waals surface area contributed by atoms with Gasteiger partial charge in [-0.05, 0) is 73.0 Å². The first-order valence-electron chi connectivity index (χ1n) is 7.64. The lowest BCUT2D eigenvalue weighted by Gasteiger charge is -2.17. The molecule has 0 aliphatic heterocycles. The van der Waals surface area contributed by atoms with Gasteiger partial charge in [-0.25, -0.2) is 0 Å². The Bertz CT molecular complexity index is 613. The van der Waals surface area contributed by atoms with E-state index in [1.165, 1.54) is 47.9 Å². The van der Waals surface area contributed by atoms with Gasteiger partial charge in [-0.3, -0.25) is 0 Å². The van der Waals surface area contributed by atoms with Crippen LogP contribution in [0.5, 0.6) is 0 Å². The molecule has 2 aromatic rings. The lowest BCUT2D eigenvalue weighted by Crippen LogP contribution is -2.05. The molecule has 0 saturated carbocycles. The third-order valence-electron chi connectivity index (χ3n) is 4.33. The summed E-state index contributed by atoms with van der Waals surface area (Å²) in [6.45, 7) is 3.15. The number of hydrogen-bond acceptors (Lipinski definition) is 1. The van der Waals surface area contributed by atoms with Crippen LogP contribution in [0.25, 0.3) is 11.1 Å². The second-order valence-electron chi connectivity index (χ2n) is 5.87. The van der Waals surface area contributed by atoms with Crippen molar-refractivity contribution in [2.45, 2.75) is 39.2 Å². The first-order valence-corrected chi connectivity index (χ1v) is 7.64. The molecule has 0 amide bonds. The van der Waals surface area contributed by atoms with E-state index >= 15 is 0 Å². The van der Waals surface area contributed by atoms with E-state index in [1.54, 1.807) is 11.1 Å². The third-order valence-corrected chi connectivity index (χ3v) is 4.33. The van der Waals surface area contributed by atoms with Crippen LogP contribution < -0.4 is 5.32 Å². The maximum Gasteiger partial charge on any atom is 0.0202 e. The van der Waals surface area contributed by atoms with Crippen molar-refractivity contribution in [1.29, 1.82) is 0 Å². The Hall–Kier alpha value is -1.60. The van der Waals surface area contributed by atoms with Crippen molar-refractivity contribution >= 4 is 0 Å². The van der Waals surface area contributed by atoms with Crippen LogP contribution in [0.4, 0.5) is 0 Å². The van der Waals surface area contributed by atoms with E-state index in [1.807, 2.05) is 7.05 Å². The van der Waals surface area contributed by atoms with Gasteiger partial charge < -0.3 is 5.32 Å². The van der Waals surface area contributed by atoms with Crippen molar-refractivity contribution in [2.24, 2.45) is 0 Å². The van der Waals surface area contributed by atoms with Crippen LogP contribution >= 0.6 is 0 Å². The molecule has 1 heteroatoms. The van der Waals surface area contributed by atoms with E-state index in [9.17, 15) is 0 Å². The minimum atomic E-state index is 0.936. The van der Waals surface area contributed by atoms with Gasteiger partial charge >= 0.3 is 0 Å². The number of aryl methyl sites for hydroxylation is 3. The van der Waals surface area contributed by atoms with Gasteiger partial charge in [-0.1, -0.05) is 36.4 Å². The van der Waals surface area contributed by atoms with E-state index in [0.29, 0.717) is 0 Å². The van der Waals surface area contributed by atoms with Gasteiger partial charge in [0.05, 0.1) is 0 Å². The third kappa shape index (κ3) is 2.64. The van der Waals surface area contributed by atoms with Crippen molar-refractivity contribution in [3.63, 3.8) is 0 Å². The normalized spacial score (nSPS) is 14.1. The maximum atomic E-state index is 3.21. The molecule has 3 rings (SSSR count). The van der Waals surface area contributed by atoms with E-state index in [2.05, 4.69) is 48.6 Å². The maximum absolute atomic E-state index is 3.21. The summed E-state index contributed by atoms with van der Waals surface area (Å²) < 4.78 is 0. The molecule has 1 nitrogen and oxygen atoms in total. The van der Waals surface area contributed by atoms with Crippen molar-refractivity contribution < 1.29 is 0 Å². The van der Waals surface area contributed by atoms with Gasteiger partial charge in [-0.15, -0.1) is 0 Å². The number of benzene rings is 2. The Morgan fingerprint density at radius 3 is 2.50 bits per heavy atom. The van der Waals surface area contributed by atoms with Crippen LogP contribution in [0.2, 0.25) is 0 Å². The SMILES string of the molecule is CNCc1ccc(-c2ccc3c(c2)CCCC3)c(C)c1. The molecule has 1 N–H and O–H groups in total. The number of nitrogens with one attached hydrogen (secondary N) is 1. The van der Waals surface area contributed by atoms with Crippen LogP contribution in [0.15, 0.2) is 36.4 Å². The second kappa shape index (κ2) is 5.80. The Morgan fingerprint density at radius 1 is 0.950 bits per heavy atom. The quantitative estimate of drug-likeness (QED) is 0.874. The molecular weight excluding hydrogens is 242 g/mol. The number of rotatable bonds is 3. The average Bonchev–Trinajstić information content (AvgIpc) is 2.47. The van der Waals surface area contributed by atoms with Crippen LogP contribution in [-0.4, -0.2) is 7.05 Å². The molecule has 0 radical (unpaired) electrons. The minimum absolute atomic E-state index is 0.936. The standard InChI is InChI=1S/C19H23N/c1-14-11-15(13-20-2)7-10-19(14)18-9-8-16-5-3-4-6-17(16)12-18/h7-12,20H,3-6,13H2,1-2H3. The highest BCUT2D eigenvalue weighted by Gasteiger charge is 2.11. The molecule has 0 bridgehead atoms. The van der Waals surface area contributed by atoms with Gasteiger partial charge in [0.25, 0.3) is 0 Å². The summed E-state index contributed by atoms with van der Waals surface area (Å²) in [4.78, 5) is 0. The molecule has 2 aromatic carbocycles. The largest absolute Gasteiger partial charge is 0.316 e. The van der Waals surface area contributed by atoms with Crippen molar-refractivity contribution in [3.8, 4) is 11.1 Å². The van der Waals surface area contributed by atoms with Crippen molar-refractivity contribution in [3.05, 3.63) is 58.7 Å². The Labute approximate surface area is 122 Å². The first-order chi connectivity index (χ1) is 9.78. The van der Waals surface area contributed by atoms with Crippen LogP contribution in [0, 0.1) is 6.92 Å². The van der Waals surface area contributed by atoms with Gasteiger partial charge in [-0.2, -0.15) is 0 Å². The number of hydrogen-bond donors (Lipinski definition) is 1. The summed E-state index contributed by atoms with van der Waals surface area (Å²) in [5.74, 6) is 0. The predicted octanol–water partition coefficient (Wildman–Crippen LogP) is 4.26. The van der Waals surface area contributed by atoms with Crippen LogP contribution in [-0.2, 0) is 19.4 Å². The lowest BCUT2D eigenvalue weighted by atomic mass is 9.88. The summed E-state index contributed by atoms with van der Waals surface area (Å²) in [5, 5.41) is 3.21. The molecular formula is C19H23N. The zero-order valence-electron chi connectivity index (χ0n) is 12.5. The topological polar surface area (TPSA) is 12.0 Å². The molecule has 0 aromatic heterocycles. The van der Waals surface area contributed by atoms with E-state index in [4.69, 9.17) is 0 Å². The zero-order chi connectivity index (χ0) is 13.9. The smallest absolute Gasteiger partial charge is 0.0202 e. The Balaban J connectivity index is 1.96. The average molecular weight is 265 g/mol. The van der Waals surface area contributed by atoms with E-state index in [0.717, 1.165) is 6.54 Å². The monoisotopic (exact) mass is 265 g/mol. The molecule has 104 valence electrons. The molecule has 0 spiro atoms. The Morgan fingerprint density at radius 2 is 1.75 bits per heavy atom. The van der Waals surface area contributed by atoms with E-state index < -0.39 is 0 Å². The lowest BCUT2D eigenvalue weighted by molar-refractivity contribution is 0.686. The molecule has 0 unspecified atom stereocenters. The summed E-state index contributed by atoms with van der Waals surface area (Å²) in [6, 6.07) is 13.8. The van der Waals surface area contributed by atoms with Crippen molar-refractivity contribution in [1.82, 2.24) is 5.32 Å².